The van der Waals surface area contributed by atoms with E-state index in [-0.39, 0.29) is 5.69 Å². The summed E-state index contributed by atoms with van der Waals surface area (Å²) in [7, 11) is -1.40. The highest BCUT2D eigenvalue weighted by Crippen LogP contribution is 2.20. The molecule has 108 valence electrons. The van der Waals surface area contributed by atoms with Gasteiger partial charge in [0.1, 0.15) is 11.0 Å². The van der Waals surface area contributed by atoms with Gasteiger partial charge in [-0.3, -0.25) is 10.1 Å². The molecule has 1 atom stereocenters. The first kappa shape index (κ1) is 14.9. The fourth-order valence-electron chi connectivity index (χ4n) is 2.23. The Hall–Kier alpha value is -1.53. The summed E-state index contributed by atoms with van der Waals surface area (Å²) in [6.45, 7) is 0.626. The van der Waals surface area contributed by atoms with Gasteiger partial charge in [0.25, 0.3) is 5.69 Å². The Bertz CT molecular complexity index is 543. The SMILES string of the molecule is O=[N+]([O-])c1cccc([S@@](=O)NCCC2=CCCCC2)c1. The smallest absolute Gasteiger partial charge is 0.258 e. The molecule has 0 fully saturated rings. The van der Waals surface area contributed by atoms with Crippen molar-refractivity contribution in [1.82, 2.24) is 4.72 Å². The zero-order valence-corrected chi connectivity index (χ0v) is 12.0. The van der Waals surface area contributed by atoms with Crippen molar-refractivity contribution in [2.75, 3.05) is 6.54 Å². The lowest BCUT2D eigenvalue weighted by Crippen LogP contribution is -2.19. The van der Waals surface area contributed by atoms with Crippen LogP contribution in [-0.2, 0) is 11.0 Å². The molecule has 0 bridgehead atoms. The number of nitro groups is 1. The van der Waals surface area contributed by atoms with Crippen LogP contribution >= 0.6 is 0 Å². The number of rotatable bonds is 6. The standard InChI is InChI=1S/C14H18N2O3S/c17-16(18)13-7-4-8-14(11-13)20(19)15-10-9-12-5-2-1-3-6-12/h4-5,7-8,11,15H,1-3,6,9-10H2/t20-/m1/s1. The van der Waals surface area contributed by atoms with Crippen molar-refractivity contribution in [2.45, 2.75) is 37.0 Å². The van der Waals surface area contributed by atoms with E-state index in [1.54, 1.807) is 12.1 Å². The van der Waals surface area contributed by atoms with Gasteiger partial charge in [-0.2, -0.15) is 0 Å². The average Bonchev–Trinajstić information content (AvgIpc) is 2.48. The third kappa shape index (κ3) is 4.25. The molecule has 1 aromatic carbocycles. The highest BCUT2D eigenvalue weighted by atomic mass is 32.2. The first-order valence-corrected chi connectivity index (χ1v) is 7.89. The molecular formula is C14H18N2O3S. The minimum Gasteiger partial charge on any atom is -0.258 e. The summed E-state index contributed by atoms with van der Waals surface area (Å²) in [6.07, 6.45) is 7.92. The highest BCUT2D eigenvalue weighted by molar-refractivity contribution is 7.83. The van der Waals surface area contributed by atoms with Crippen molar-refractivity contribution >= 4 is 16.7 Å². The number of benzene rings is 1. The Balaban J connectivity index is 1.86. The molecule has 0 saturated carbocycles. The molecule has 0 radical (unpaired) electrons. The zero-order chi connectivity index (χ0) is 14.4. The molecule has 0 spiro atoms. The number of nitrogens with zero attached hydrogens (tertiary/aromatic N) is 1. The average molecular weight is 294 g/mol. The summed E-state index contributed by atoms with van der Waals surface area (Å²) in [5.74, 6) is 0. The van der Waals surface area contributed by atoms with E-state index in [4.69, 9.17) is 0 Å². The maximum atomic E-state index is 12.0. The van der Waals surface area contributed by atoms with E-state index in [1.165, 1.54) is 30.5 Å². The Morgan fingerprint density at radius 1 is 1.35 bits per heavy atom. The number of hydrogen-bond acceptors (Lipinski definition) is 3. The Morgan fingerprint density at radius 3 is 2.90 bits per heavy atom. The molecule has 1 N–H and O–H groups in total. The second kappa shape index (κ2) is 7.31. The molecule has 1 aliphatic carbocycles. The van der Waals surface area contributed by atoms with Crippen LogP contribution in [0.2, 0.25) is 0 Å². The molecule has 6 heteroatoms. The van der Waals surface area contributed by atoms with E-state index in [0.29, 0.717) is 11.4 Å². The third-order valence-electron chi connectivity index (χ3n) is 3.31. The maximum Gasteiger partial charge on any atom is 0.270 e. The van der Waals surface area contributed by atoms with Crippen molar-refractivity contribution < 1.29 is 9.13 Å². The quantitative estimate of drug-likeness (QED) is 0.498. The van der Waals surface area contributed by atoms with Gasteiger partial charge < -0.3 is 0 Å². The molecule has 1 aromatic rings. The number of non-ortho nitro benzene ring substituents is 1. The Labute approximate surface area is 120 Å². The lowest BCUT2D eigenvalue weighted by molar-refractivity contribution is -0.385. The summed E-state index contributed by atoms with van der Waals surface area (Å²) in [5, 5.41) is 10.7. The first-order chi connectivity index (χ1) is 9.66. The van der Waals surface area contributed by atoms with Gasteiger partial charge in [0.15, 0.2) is 0 Å². The minimum absolute atomic E-state index is 0.0346. The lowest BCUT2D eigenvalue weighted by atomic mass is 9.97. The monoisotopic (exact) mass is 294 g/mol. The number of hydrogen-bond donors (Lipinski definition) is 1. The summed E-state index contributed by atoms with van der Waals surface area (Å²) < 4.78 is 14.9. The predicted molar refractivity (Wildman–Crippen MR) is 78.7 cm³/mol. The predicted octanol–water partition coefficient (Wildman–Crippen LogP) is 3.10. The molecule has 0 aromatic heterocycles. The van der Waals surface area contributed by atoms with Crippen molar-refractivity contribution in [3.63, 3.8) is 0 Å². The van der Waals surface area contributed by atoms with Crippen LogP contribution in [0.3, 0.4) is 0 Å². The summed E-state index contributed by atoms with van der Waals surface area (Å²) >= 11 is 0. The molecule has 20 heavy (non-hydrogen) atoms. The Morgan fingerprint density at radius 2 is 2.20 bits per heavy atom. The zero-order valence-electron chi connectivity index (χ0n) is 11.2. The van der Waals surface area contributed by atoms with E-state index < -0.39 is 15.9 Å². The summed E-state index contributed by atoms with van der Waals surface area (Å²) in [5.41, 5.74) is 1.38. The Kier molecular flexibility index (Phi) is 5.43. The van der Waals surface area contributed by atoms with Crippen LogP contribution in [-0.4, -0.2) is 15.7 Å². The second-order valence-corrected chi connectivity index (χ2v) is 6.07. The van der Waals surface area contributed by atoms with Gasteiger partial charge in [0, 0.05) is 18.7 Å². The molecule has 0 amide bonds. The van der Waals surface area contributed by atoms with Crippen molar-refractivity contribution in [3.8, 4) is 0 Å². The highest BCUT2D eigenvalue weighted by Gasteiger charge is 2.10. The van der Waals surface area contributed by atoms with Gasteiger partial charge in [-0.05, 0) is 38.2 Å². The second-order valence-electron chi connectivity index (χ2n) is 4.78. The van der Waals surface area contributed by atoms with Crippen LogP contribution in [0, 0.1) is 10.1 Å². The molecular weight excluding hydrogens is 276 g/mol. The molecule has 0 aliphatic heterocycles. The van der Waals surface area contributed by atoms with Crippen LogP contribution in [0.25, 0.3) is 0 Å². The van der Waals surface area contributed by atoms with Gasteiger partial charge in [0.05, 0.1) is 9.82 Å². The van der Waals surface area contributed by atoms with Crippen molar-refractivity contribution in [2.24, 2.45) is 0 Å². The largest absolute Gasteiger partial charge is 0.270 e. The molecule has 0 unspecified atom stereocenters. The molecule has 2 rings (SSSR count). The van der Waals surface area contributed by atoms with Crippen LogP contribution < -0.4 is 4.72 Å². The summed E-state index contributed by atoms with van der Waals surface area (Å²) in [4.78, 5) is 10.6. The lowest BCUT2D eigenvalue weighted by Gasteiger charge is -2.12. The third-order valence-corrected chi connectivity index (χ3v) is 4.46. The minimum atomic E-state index is -1.40. The number of allylic oxidation sites excluding steroid dienone is 1. The van der Waals surface area contributed by atoms with Gasteiger partial charge >= 0.3 is 0 Å². The first-order valence-electron chi connectivity index (χ1n) is 6.74. The molecule has 1 aliphatic rings. The van der Waals surface area contributed by atoms with Crippen molar-refractivity contribution in [1.29, 1.82) is 0 Å². The fourth-order valence-corrected chi connectivity index (χ4v) is 3.12. The van der Waals surface area contributed by atoms with Crippen LogP contribution in [0.5, 0.6) is 0 Å². The molecule has 5 nitrogen and oxygen atoms in total. The molecule has 0 heterocycles. The maximum absolute atomic E-state index is 12.0. The number of nitrogens with one attached hydrogen (secondary N) is 1. The van der Waals surface area contributed by atoms with E-state index in [9.17, 15) is 14.3 Å². The number of nitro benzene ring substituents is 1. The topological polar surface area (TPSA) is 72.2 Å². The molecule has 0 saturated heterocycles. The van der Waals surface area contributed by atoms with Crippen LogP contribution in [0.15, 0.2) is 40.8 Å². The van der Waals surface area contributed by atoms with E-state index in [1.807, 2.05) is 0 Å². The van der Waals surface area contributed by atoms with Crippen LogP contribution in [0.4, 0.5) is 5.69 Å². The normalized spacial score (nSPS) is 16.5. The van der Waals surface area contributed by atoms with E-state index in [0.717, 1.165) is 19.3 Å². The van der Waals surface area contributed by atoms with Crippen LogP contribution in [0.1, 0.15) is 32.1 Å². The fraction of sp³-hybridized carbons (Fsp3) is 0.429. The van der Waals surface area contributed by atoms with E-state index >= 15 is 0 Å². The van der Waals surface area contributed by atoms with Crippen molar-refractivity contribution in [3.05, 3.63) is 46.0 Å². The van der Waals surface area contributed by atoms with Gasteiger partial charge in [-0.15, -0.1) is 0 Å². The van der Waals surface area contributed by atoms with Gasteiger partial charge in [0.2, 0.25) is 0 Å². The van der Waals surface area contributed by atoms with Gasteiger partial charge in [-0.25, -0.2) is 8.93 Å². The summed E-state index contributed by atoms with van der Waals surface area (Å²) in [6, 6.07) is 5.93. The van der Waals surface area contributed by atoms with Gasteiger partial charge in [-0.1, -0.05) is 17.7 Å². The van der Waals surface area contributed by atoms with E-state index in [2.05, 4.69) is 10.8 Å².